The van der Waals surface area contributed by atoms with Crippen LogP contribution in [0.25, 0.3) is 38.9 Å². The smallest absolute Gasteiger partial charge is 0.337 e. The van der Waals surface area contributed by atoms with E-state index in [9.17, 15) is 9.59 Å². The molecule has 0 fully saturated rings. The van der Waals surface area contributed by atoms with Crippen LogP contribution in [-0.4, -0.2) is 37.2 Å². The summed E-state index contributed by atoms with van der Waals surface area (Å²) >= 11 is 0. The van der Waals surface area contributed by atoms with E-state index in [4.69, 9.17) is 14.7 Å². The predicted octanol–water partition coefficient (Wildman–Crippen LogP) is 5.04. The van der Waals surface area contributed by atoms with Gasteiger partial charge < -0.3 is 4.74 Å². The zero-order chi connectivity index (χ0) is 24.4. The Balaban J connectivity index is 1.69. The van der Waals surface area contributed by atoms with Crippen LogP contribution in [0.2, 0.25) is 0 Å². The van der Waals surface area contributed by atoms with E-state index in [0.717, 1.165) is 29.6 Å². The molecule has 35 heavy (non-hydrogen) atoms. The lowest BCUT2D eigenvalue weighted by Crippen LogP contribution is -2.20. The fourth-order valence-corrected chi connectivity index (χ4v) is 4.43. The molecule has 8 nitrogen and oxygen atoms in total. The molecule has 178 valence electrons. The lowest BCUT2D eigenvalue weighted by molar-refractivity contribution is 0.0600. The van der Waals surface area contributed by atoms with Crippen molar-refractivity contribution in [2.75, 3.05) is 7.11 Å². The molecule has 0 unspecified atom stereocenters. The average Bonchev–Trinajstić information content (AvgIpc) is 3.21. The zero-order valence-electron chi connectivity index (χ0n) is 19.9. The predicted molar refractivity (Wildman–Crippen MR) is 136 cm³/mol. The molecule has 3 heterocycles. The second kappa shape index (κ2) is 9.66. The van der Waals surface area contributed by atoms with Crippen LogP contribution in [0.4, 0.5) is 0 Å². The molecule has 2 aromatic carbocycles. The van der Waals surface area contributed by atoms with Crippen LogP contribution in [0.5, 0.6) is 0 Å². The molecule has 0 saturated heterocycles. The Morgan fingerprint density at radius 2 is 1.63 bits per heavy atom. The quantitative estimate of drug-likeness (QED) is 0.234. The first-order valence-corrected chi connectivity index (χ1v) is 12.0. The summed E-state index contributed by atoms with van der Waals surface area (Å²) in [6.07, 6.45) is 7.17. The van der Waals surface area contributed by atoms with E-state index < -0.39 is 5.97 Å². The van der Waals surface area contributed by atoms with Crippen molar-refractivity contribution in [2.24, 2.45) is 0 Å². The first-order chi connectivity index (χ1) is 17.1. The Bertz CT molecular complexity index is 1580. The number of carbonyl (C=O) groups is 1. The highest BCUT2D eigenvalue weighted by Crippen LogP contribution is 2.28. The number of nitrogens with zero attached hydrogens (tertiary/aromatic N) is 5. The summed E-state index contributed by atoms with van der Waals surface area (Å²) in [6, 6.07) is 14.6. The second-order valence-corrected chi connectivity index (χ2v) is 8.61. The van der Waals surface area contributed by atoms with Gasteiger partial charge in [0.2, 0.25) is 0 Å². The van der Waals surface area contributed by atoms with Crippen molar-refractivity contribution >= 4 is 39.2 Å². The van der Waals surface area contributed by atoms with Gasteiger partial charge in [0.25, 0.3) is 5.56 Å². The highest BCUT2D eigenvalue weighted by molar-refractivity contribution is 6.05. The van der Waals surface area contributed by atoms with E-state index in [0.29, 0.717) is 34.3 Å². The summed E-state index contributed by atoms with van der Waals surface area (Å²) in [5.41, 5.74) is 4.06. The van der Waals surface area contributed by atoms with Crippen LogP contribution in [0.15, 0.2) is 59.7 Å². The van der Waals surface area contributed by atoms with Gasteiger partial charge in [-0.3, -0.25) is 13.9 Å². The Morgan fingerprint density at radius 3 is 2.34 bits per heavy atom. The van der Waals surface area contributed by atoms with Gasteiger partial charge in [0.15, 0.2) is 11.3 Å². The van der Waals surface area contributed by atoms with Crippen LogP contribution in [0.3, 0.4) is 0 Å². The molecule has 0 aliphatic carbocycles. The molecule has 3 aromatic heterocycles. The monoisotopic (exact) mass is 469 g/mol. The maximum Gasteiger partial charge on any atom is 0.337 e. The van der Waals surface area contributed by atoms with Gasteiger partial charge in [-0.15, -0.1) is 0 Å². The van der Waals surface area contributed by atoms with Gasteiger partial charge >= 0.3 is 5.97 Å². The molecule has 8 heteroatoms. The van der Waals surface area contributed by atoms with Crippen LogP contribution in [-0.2, 0) is 11.3 Å². The van der Waals surface area contributed by atoms with Gasteiger partial charge in [0, 0.05) is 12.2 Å². The first-order valence-electron chi connectivity index (χ1n) is 12.0. The Kier molecular flexibility index (Phi) is 6.27. The molecule has 0 saturated carbocycles. The fourth-order valence-electron chi connectivity index (χ4n) is 4.43. The van der Waals surface area contributed by atoms with Gasteiger partial charge in [-0.25, -0.2) is 19.7 Å². The van der Waals surface area contributed by atoms with Gasteiger partial charge in [0.05, 0.1) is 30.0 Å². The number of ether oxygens (including phenoxy) is 1. The number of esters is 1. The van der Waals surface area contributed by atoms with Gasteiger partial charge in [0.1, 0.15) is 10.9 Å². The van der Waals surface area contributed by atoms with E-state index in [2.05, 4.69) is 11.9 Å². The number of hydrogen-bond donors (Lipinski definition) is 0. The second-order valence-electron chi connectivity index (χ2n) is 8.61. The Labute approximate surface area is 202 Å². The third-order valence-corrected chi connectivity index (χ3v) is 6.28. The summed E-state index contributed by atoms with van der Waals surface area (Å²) in [6.45, 7) is 2.80. The number of methoxy groups -OCH3 is 1. The molecule has 0 atom stereocenters. The number of aryl methyl sites for hydroxylation is 1. The molecule has 0 radical (unpaired) electrons. The SMILES string of the molecule is CCCCCCCn1cnc2c(c1=O)c1nc3ccccc3nc1n2-c1ccc(C(=O)OC)cc1. The van der Waals surface area contributed by atoms with Crippen LogP contribution < -0.4 is 5.56 Å². The zero-order valence-corrected chi connectivity index (χ0v) is 19.9. The minimum atomic E-state index is -0.412. The minimum absolute atomic E-state index is 0.120. The number of aromatic nitrogens is 5. The molecule has 5 aromatic rings. The van der Waals surface area contributed by atoms with Gasteiger partial charge in [-0.2, -0.15) is 0 Å². The van der Waals surface area contributed by atoms with E-state index in [-0.39, 0.29) is 5.56 Å². The van der Waals surface area contributed by atoms with Crippen molar-refractivity contribution in [3.8, 4) is 5.69 Å². The van der Waals surface area contributed by atoms with Crippen molar-refractivity contribution in [2.45, 2.75) is 45.6 Å². The van der Waals surface area contributed by atoms with E-state index in [1.54, 1.807) is 35.2 Å². The third-order valence-electron chi connectivity index (χ3n) is 6.28. The number of benzene rings is 2. The maximum absolute atomic E-state index is 13.6. The largest absolute Gasteiger partial charge is 0.465 e. The maximum atomic E-state index is 13.6. The molecular formula is C27H27N5O3. The topological polar surface area (TPSA) is 91.9 Å². The Hall–Kier alpha value is -4.07. The number of fused-ring (bicyclic) bond motifs is 4. The van der Waals surface area contributed by atoms with Gasteiger partial charge in [-0.1, -0.05) is 44.7 Å². The number of rotatable bonds is 8. The summed E-state index contributed by atoms with van der Waals surface area (Å²) in [5.74, 6) is -0.412. The molecule has 5 rings (SSSR count). The summed E-state index contributed by atoms with van der Waals surface area (Å²) < 4.78 is 8.32. The highest BCUT2D eigenvalue weighted by Gasteiger charge is 2.21. The Morgan fingerprint density at radius 1 is 0.914 bits per heavy atom. The van der Waals surface area contributed by atoms with E-state index >= 15 is 0 Å². The number of hydrogen-bond acceptors (Lipinski definition) is 6. The molecule has 0 aliphatic rings. The standard InChI is InChI=1S/C27H27N5O3/c1-3-4-5-6-9-16-31-17-28-24-22(26(31)33)23-25(30-21-11-8-7-10-20(21)29-23)32(24)19-14-12-18(13-15-19)27(34)35-2/h7-8,10-15,17H,3-6,9,16H2,1-2H3. The van der Waals surface area contributed by atoms with Crippen LogP contribution >= 0.6 is 0 Å². The van der Waals surface area contributed by atoms with E-state index in [1.807, 2.05) is 28.8 Å². The lowest BCUT2D eigenvalue weighted by atomic mass is 10.1. The first kappa shape index (κ1) is 22.7. The summed E-state index contributed by atoms with van der Waals surface area (Å²) in [5, 5.41) is 0.450. The van der Waals surface area contributed by atoms with E-state index in [1.165, 1.54) is 26.4 Å². The molecule has 0 aliphatic heterocycles. The molecule has 0 amide bonds. The summed E-state index contributed by atoms with van der Waals surface area (Å²) in [7, 11) is 1.35. The average molecular weight is 470 g/mol. The third kappa shape index (κ3) is 4.16. The highest BCUT2D eigenvalue weighted by atomic mass is 16.5. The van der Waals surface area contributed by atoms with Crippen molar-refractivity contribution in [1.82, 2.24) is 24.1 Å². The lowest BCUT2D eigenvalue weighted by Gasteiger charge is -2.08. The van der Waals surface area contributed by atoms with Crippen molar-refractivity contribution in [3.05, 3.63) is 70.8 Å². The molecule has 0 N–H and O–H groups in total. The van der Waals surface area contributed by atoms with Crippen molar-refractivity contribution in [3.63, 3.8) is 0 Å². The summed E-state index contributed by atoms with van der Waals surface area (Å²) in [4.78, 5) is 39.9. The van der Waals surface area contributed by atoms with Crippen LogP contribution in [0.1, 0.15) is 49.4 Å². The van der Waals surface area contributed by atoms with Crippen LogP contribution in [0, 0.1) is 0 Å². The normalized spacial score (nSPS) is 11.5. The number of carbonyl (C=O) groups excluding carboxylic acids is 1. The van der Waals surface area contributed by atoms with Crippen molar-refractivity contribution < 1.29 is 9.53 Å². The molecule has 0 spiro atoms. The number of para-hydroxylation sites is 2. The molecular weight excluding hydrogens is 442 g/mol. The van der Waals surface area contributed by atoms with Gasteiger partial charge in [-0.05, 0) is 42.8 Å². The molecule has 0 bridgehead atoms. The minimum Gasteiger partial charge on any atom is -0.465 e. The number of unbranched alkanes of at least 4 members (excludes halogenated alkanes) is 4. The van der Waals surface area contributed by atoms with Crippen molar-refractivity contribution in [1.29, 1.82) is 0 Å². The fraction of sp³-hybridized carbons (Fsp3) is 0.296.